The number of ether oxygens (including phenoxy) is 2. The largest absolute Gasteiger partial charge is 0.489 e. The van der Waals surface area contributed by atoms with Crippen LogP contribution in [0, 0.1) is 0 Å². The van der Waals surface area contributed by atoms with Crippen LogP contribution in [0.3, 0.4) is 0 Å². The molecule has 0 bridgehead atoms. The number of likely N-dealkylation sites (tertiary alicyclic amines) is 1. The summed E-state index contributed by atoms with van der Waals surface area (Å²) in [5.41, 5.74) is 0. The molecule has 6 heteroatoms. The van der Waals surface area contributed by atoms with Gasteiger partial charge in [-0.15, -0.1) is 0 Å². The van der Waals surface area contributed by atoms with Gasteiger partial charge in [0.1, 0.15) is 11.9 Å². The Labute approximate surface area is 117 Å². The van der Waals surface area contributed by atoms with E-state index in [9.17, 15) is 4.79 Å². The van der Waals surface area contributed by atoms with Crippen molar-refractivity contribution in [1.82, 2.24) is 9.88 Å². The number of hydrogen-bond donors (Lipinski definition) is 0. The number of aromatic nitrogens is 1. The highest BCUT2D eigenvalue weighted by molar-refractivity contribution is 6.30. The first kappa shape index (κ1) is 14.1. The molecule has 0 aliphatic carbocycles. The molecule has 0 aromatic carbocycles. The minimum absolute atomic E-state index is 0.147. The second kappa shape index (κ2) is 6.73. The van der Waals surface area contributed by atoms with E-state index in [-0.39, 0.29) is 12.1 Å². The Morgan fingerprint density at radius 1 is 1.47 bits per heavy atom. The van der Waals surface area contributed by atoms with E-state index < -0.39 is 0 Å². The van der Waals surface area contributed by atoms with Crippen LogP contribution in [0.1, 0.15) is 12.8 Å². The third kappa shape index (κ3) is 4.36. The Hall–Kier alpha value is -1.33. The van der Waals surface area contributed by atoms with Gasteiger partial charge in [0.05, 0.1) is 24.9 Å². The summed E-state index contributed by atoms with van der Waals surface area (Å²) >= 11 is 5.86. The summed E-state index contributed by atoms with van der Waals surface area (Å²) in [4.78, 5) is 17.2. The van der Waals surface area contributed by atoms with E-state index in [0.717, 1.165) is 25.9 Å². The molecule has 1 aromatic rings. The SMILES string of the molecule is COC(=O)CN1CCC(Oc2cncc(Cl)c2)CC1. The topological polar surface area (TPSA) is 51.7 Å². The van der Waals surface area contributed by atoms with Crippen molar-refractivity contribution in [2.75, 3.05) is 26.7 Å². The lowest BCUT2D eigenvalue weighted by Gasteiger charge is -2.31. The first-order chi connectivity index (χ1) is 9.17. The van der Waals surface area contributed by atoms with E-state index >= 15 is 0 Å². The van der Waals surface area contributed by atoms with Crippen LogP contribution in [0.15, 0.2) is 18.5 Å². The van der Waals surface area contributed by atoms with E-state index in [2.05, 4.69) is 14.6 Å². The lowest BCUT2D eigenvalue weighted by atomic mass is 10.1. The monoisotopic (exact) mass is 284 g/mol. The Bertz CT molecular complexity index is 434. The van der Waals surface area contributed by atoms with Crippen LogP contribution in [0.25, 0.3) is 0 Å². The summed E-state index contributed by atoms with van der Waals surface area (Å²) in [5, 5.41) is 0.570. The Balaban J connectivity index is 1.79. The molecule has 2 rings (SSSR count). The molecule has 104 valence electrons. The lowest BCUT2D eigenvalue weighted by Crippen LogP contribution is -2.41. The number of methoxy groups -OCH3 is 1. The molecule has 0 amide bonds. The molecule has 5 nitrogen and oxygen atoms in total. The minimum atomic E-state index is -0.196. The number of hydrogen-bond acceptors (Lipinski definition) is 5. The molecule has 0 atom stereocenters. The highest BCUT2D eigenvalue weighted by atomic mass is 35.5. The van der Waals surface area contributed by atoms with Crippen LogP contribution in [0.5, 0.6) is 5.75 Å². The molecule has 1 saturated heterocycles. The third-order valence-corrected chi connectivity index (χ3v) is 3.30. The van der Waals surface area contributed by atoms with Crippen LogP contribution >= 0.6 is 11.6 Å². The van der Waals surface area contributed by atoms with Crippen LogP contribution in [-0.2, 0) is 9.53 Å². The quantitative estimate of drug-likeness (QED) is 0.789. The number of rotatable bonds is 4. The van der Waals surface area contributed by atoms with E-state index in [1.807, 2.05) is 0 Å². The van der Waals surface area contributed by atoms with Crippen molar-refractivity contribution in [1.29, 1.82) is 0 Å². The third-order valence-electron chi connectivity index (χ3n) is 3.10. The highest BCUT2D eigenvalue weighted by Gasteiger charge is 2.22. The Morgan fingerprint density at radius 3 is 2.84 bits per heavy atom. The van der Waals surface area contributed by atoms with Crippen molar-refractivity contribution < 1.29 is 14.3 Å². The molecule has 0 N–H and O–H groups in total. The first-order valence-electron chi connectivity index (χ1n) is 6.24. The lowest BCUT2D eigenvalue weighted by molar-refractivity contribution is -0.142. The van der Waals surface area contributed by atoms with Crippen molar-refractivity contribution in [3.8, 4) is 5.75 Å². The zero-order valence-corrected chi connectivity index (χ0v) is 11.6. The van der Waals surface area contributed by atoms with Crippen molar-refractivity contribution >= 4 is 17.6 Å². The van der Waals surface area contributed by atoms with E-state index in [0.29, 0.717) is 17.3 Å². The number of carbonyl (C=O) groups is 1. The van der Waals surface area contributed by atoms with Gasteiger partial charge >= 0.3 is 5.97 Å². The predicted octanol–water partition coefficient (Wildman–Crippen LogP) is 1.75. The van der Waals surface area contributed by atoms with Gasteiger partial charge in [0.2, 0.25) is 0 Å². The number of halogens is 1. The van der Waals surface area contributed by atoms with Gasteiger partial charge in [-0.25, -0.2) is 0 Å². The molecule has 1 aliphatic heterocycles. The smallest absolute Gasteiger partial charge is 0.319 e. The molecule has 19 heavy (non-hydrogen) atoms. The summed E-state index contributed by atoms with van der Waals surface area (Å²) in [6.07, 6.45) is 5.14. The Morgan fingerprint density at radius 2 is 2.21 bits per heavy atom. The summed E-state index contributed by atoms with van der Waals surface area (Å²) < 4.78 is 10.5. The molecular weight excluding hydrogens is 268 g/mol. The molecule has 2 heterocycles. The number of piperidine rings is 1. The normalized spacial score (nSPS) is 17.2. The summed E-state index contributed by atoms with van der Waals surface area (Å²) in [6, 6.07) is 1.76. The zero-order valence-electron chi connectivity index (χ0n) is 10.8. The van der Waals surface area contributed by atoms with Crippen molar-refractivity contribution in [2.24, 2.45) is 0 Å². The van der Waals surface area contributed by atoms with E-state index in [4.69, 9.17) is 16.3 Å². The average molecular weight is 285 g/mol. The second-order valence-electron chi connectivity index (χ2n) is 4.51. The molecular formula is C13H17ClN2O3. The van der Waals surface area contributed by atoms with Gasteiger partial charge in [-0.1, -0.05) is 11.6 Å². The van der Waals surface area contributed by atoms with E-state index in [1.54, 1.807) is 18.5 Å². The standard InChI is InChI=1S/C13H17ClN2O3/c1-18-13(17)9-16-4-2-11(3-5-16)19-12-6-10(14)7-15-8-12/h6-8,11H,2-5,9H2,1H3. The first-order valence-corrected chi connectivity index (χ1v) is 6.61. The summed E-state index contributed by atoms with van der Waals surface area (Å²) in [7, 11) is 1.41. The van der Waals surface area contributed by atoms with Crippen molar-refractivity contribution in [2.45, 2.75) is 18.9 Å². The molecule has 0 saturated carbocycles. The number of carbonyl (C=O) groups excluding carboxylic acids is 1. The number of esters is 1. The van der Waals surface area contributed by atoms with Gasteiger partial charge in [-0.3, -0.25) is 14.7 Å². The van der Waals surface area contributed by atoms with Crippen LogP contribution in [0.2, 0.25) is 5.02 Å². The van der Waals surface area contributed by atoms with Gasteiger partial charge in [0.15, 0.2) is 0 Å². The molecule has 0 radical (unpaired) electrons. The second-order valence-corrected chi connectivity index (χ2v) is 4.94. The maximum absolute atomic E-state index is 11.2. The van der Waals surface area contributed by atoms with Gasteiger partial charge < -0.3 is 9.47 Å². The number of pyridine rings is 1. The van der Waals surface area contributed by atoms with Gasteiger partial charge in [0.25, 0.3) is 0 Å². The summed E-state index contributed by atoms with van der Waals surface area (Å²) in [5.74, 6) is 0.498. The maximum atomic E-state index is 11.2. The van der Waals surface area contributed by atoms with Gasteiger partial charge in [-0.05, 0) is 12.8 Å². The molecule has 1 fully saturated rings. The van der Waals surface area contributed by atoms with Crippen LogP contribution in [-0.4, -0.2) is 48.7 Å². The fraction of sp³-hybridized carbons (Fsp3) is 0.538. The predicted molar refractivity (Wildman–Crippen MR) is 71.4 cm³/mol. The van der Waals surface area contributed by atoms with Crippen molar-refractivity contribution in [3.05, 3.63) is 23.5 Å². The average Bonchev–Trinajstić information content (AvgIpc) is 2.41. The zero-order chi connectivity index (χ0) is 13.7. The number of nitrogens with zero attached hydrogens (tertiary/aromatic N) is 2. The van der Waals surface area contributed by atoms with Gasteiger partial charge in [0, 0.05) is 25.4 Å². The molecule has 1 aliphatic rings. The maximum Gasteiger partial charge on any atom is 0.319 e. The van der Waals surface area contributed by atoms with Crippen LogP contribution in [0.4, 0.5) is 0 Å². The summed E-state index contributed by atoms with van der Waals surface area (Å²) in [6.45, 7) is 2.00. The molecule has 0 unspecified atom stereocenters. The van der Waals surface area contributed by atoms with Crippen molar-refractivity contribution in [3.63, 3.8) is 0 Å². The van der Waals surface area contributed by atoms with E-state index in [1.165, 1.54) is 7.11 Å². The highest BCUT2D eigenvalue weighted by Crippen LogP contribution is 2.20. The van der Waals surface area contributed by atoms with Crippen LogP contribution < -0.4 is 4.74 Å². The Kier molecular flexibility index (Phi) is 4.99. The molecule has 0 spiro atoms. The van der Waals surface area contributed by atoms with Gasteiger partial charge in [-0.2, -0.15) is 0 Å². The minimum Gasteiger partial charge on any atom is -0.489 e. The fourth-order valence-electron chi connectivity index (χ4n) is 2.08. The molecule has 1 aromatic heterocycles. The fourth-order valence-corrected chi connectivity index (χ4v) is 2.25.